The van der Waals surface area contributed by atoms with Gasteiger partial charge in [-0.15, -0.1) is 0 Å². The highest BCUT2D eigenvalue weighted by atomic mass is 16.5. The van der Waals surface area contributed by atoms with Crippen molar-refractivity contribution in [3.05, 3.63) is 59.7 Å². The molecule has 154 valence electrons. The number of piperazine rings is 1. The van der Waals surface area contributed by atoms with Gasteiger partial charge in [0.15, 0.2) is 0 Å². The fourth-order valence-electron chi connectivity index (χ4n) is 3.22. The van der Waals surface area contributed by atoms with Crippen LogP contribution >= 0.6 is 0 Å². The summed E-state index contributed by atoms with van der Waals surface area (Å²) < 4.78 is 10.9. The van der Waals surface area contributed by atoms with E-state index in [-0.39, 0.29) is 11.8 Å². The molecule has 6 heteroatoms. The first kappa shape index (κ1) is 20.7. The molecule has 1 aliphatic heterocycles. The van der Waals surface area contributed by atoms with Gasteiger partial charge in [0.05, 0.1) is 13.7 Å². The van der Waals surface area contributed by atoms with Crippen LogP contribution in [0.15, 0.2) is 48.5 Å². The summed E-state index contributed by atoms with van der Waals surface area (Å²) in [7, 11) is 1.58. The number of methoxy groups -OCH3 is 1. The number of carbonyl (C=O) groups excluding carboxylic acids is 2. The number of ether oxygens (including phenoxy) is 2. The van der Waals surface area contributed by atoms with Crippen LogP contribution in [0, 0.1) is 5.92 Å². The molecule has 0 radical (unpaired) electrons. The standard InChI is InChI=1S/C23H28N2O4/c1-17(2)16-29-21-9-5-7-19(15-21)23(27)25-12-10-24(11-13-25)22(26)18-6-4-8-20(14-18)28-3/h4-9,14-15,17H,10-13,16H2,1-3H3. The summed E-state index contributed by atoms with van der Waals surface area (Å²) in [5, 5.41) is 0. The Labute approximate surface area is 172 Å². The molecule has 0 N–H and O–H groups in total. The molecule has 0 saturated carbocycles. The highest BCUT2D eigenvalue weighted by Crippen LogP contribution is 2.18. The maximum absolute atomic E-state index is 12.9. The summed E-state index contributed by atoms with van der Waals surface area (Å²) in [5.74, 6) is 1.71. The third-order valence-corrected chi connectivity index (χ3v) is 4.84. The van der Waals surface area contributed by atoms with Crippen molar-refractivity contribution in [1.82, 2.24) is 9.80 Å². The highest BCUT2D eigenvalue weighted by molar-refractivity contribution is 5.96. The van der Waals surface area contributed by atoms with Gasteiger partial charge in [0.2, 0.25) is 0 Å². The molecule has 0 spiro atoms. The minimum absolute atomic E-state index is 0.0338. The van der Waals surface area contributed by atoms with Gasteiger partial charge in [-0.1, -0.05) is 26.0 Å². The van der Waals surface area contributed by atoms with Gasteiger partial charge >= 0.3 is 0 Å². The molecule has 1 aliphatic rings. The van der Waals surface area contributed by atoms with Crippen molar-refractivity contribution in [1.29, 1.82) is 0 Å². The summed E-state index contributed by atoms with van der Waals surface area (Å²) >= 11 is 0. The molecular weight excluding hydrogens is 368 g/mol. The van der Waals surface area contributed by atoms with E-state index < -0.39 is 0 Å². The second-order valence-corrected chi connectivity index (χ2v) is 7.55. The molecule has 1 saturated heterocycles. The van der Waals surface area contributed by atoms with Crippen molar-refractivity contribution in [3.63, 3.8) is 0 Å². The average Bonchev–Trinajstić information content (AvgIpc) is 2.77. The maximum atomic E-state index is 12.9. The number of rotatable bonds is 6. The zero-order valence-electron chi connectivity index (χ0n) is 17.3. The van der Waals surface area contributed by atoms with E-state index in [0.717, 1.165) is 0 Å². The third-order valence-electron chi connectivity index (χ3n) is 4.84. The van der Waals surface area contributed by atoms with Crippen LogP contribution in [0.1, 0.15) is 34.6 Å². The molecule has 0 aliphatic carbocycles. The van der Waals surface area contributed by atoms with Crippen LogP contribution in [0.5, 0.6) is 11.5 Å². The summed E-state index contributed by atoms with van der Waals surface area (Å²) in [5.41, 5.74) is 1.21. The summed E-state index contributed by atoms with van der Waals surface area (Å²) in [4.78, 5) is 29.2. The third kappa shape index (κ3) is 5.28. The molecule has 2 aromatic carbocycles. The Hall–Kier alpha value is -3.02. The van der Waals surface area contributed by atoms with E-state index in [1.807, 2.05) is 18.2 Å². The van der Waals surface area contributed by atoms with Crippen LogP contribution < -0.4 is 9.47 Å². The predicted octanol–water partition coefficient (Wildman–Crippen LogP) is 3.33. The molecule has 0 atom stereocenters. The Balaban J connectivity index is 1.59. The van der Waals surface area contributed by atoms with Crippen LogP contribution in [0.4, 0.5) is 0 Å². The number of nitrogens with zero attached hydrogens (tertiary/aromatic N) is 2. The number of hydrogen-bond donors (Lipinski definition) is 0. The van der Waals surface area contributed by atoms with E-state index in [0.29, 0.717) is 61.3 Å². The second kappa shape index (κ2) is 9.45. The monoisotopic (exact) mass is 396 g/mol. The molecule has 0 unspecified atom stereocenters. The van der Waals surface area contributed by atoms with Gasteiger partial charge in [-0.25, -0.2) is 0 Å². The SMILES string of the molecule is COc1cccc(C(=O)N2CCN(C(=O)c3cccc(OCC(C)C)c3)CC2)c1. The molecule has 3 rings (SSSR count). The highest BCUT2D eigenvalue weighted by Gasteiger charge is 2.26. The van der Waals surface area contributed by atoms with Crippen molar-refractivity contribution >= 4 is 11.8 Å². The second-order valence-electron chi connectivity index (χ2n) is 7.55. The molecule has 1 fully saturated rings. The van der Waals surface area contributed by atoms with Crippen molar-refractivity contribution in [3.8, 4) is 11.5 Å². The van der Waals surface area contributed by atoms with E-state index in [2.05, 4.69) is 13.8 Å². The van der Waals surface area contributed by atoms with Crippen molar-refractivity contribution in [2.24, 2.45) is 5.92 Å². The number of carbonyl (C=O) groups is 2. The first-order valence-electron chi connectivity index (χ1n) is 9.93. The fraction of sp³-hybridized carbons (Fsp3) is 0.391. The smallest absolute Gasteiger partial charge is 0.254 e. The van der Waals surface area contributed by atoms with Crippen molar-refractivity contribution in [2.45, 2.75) is 13.8 Å². The van der Waals surface area contributed by atoms with Crippen LogP contribution in [0.3, 0.4) is 0 Å². The number of amides is 2. The normalized spacial score (nSPS) is 14.1. The number of hydrogen-bond acceptors (Lipinski definition) is 4. The van der Waals surface area contributed by atoms with Gasteiger partial charge in [-0.05, 0) is 42.3 Å². The average molecular weight is 396 g/mol. The molecule has 1 heterocycles. The van der Waals surface area contributed by atoms with Gasteiger partial charge in [0.1, 0.15) is 11.5 Å². The Morgan fingerprint density at radius 2 is 1.34 bits per heavy atom. The van der Waals surface area contributed by atoms with E-state index in [1.54, 1.807) is 47.2 Å². The molecular formula is C23H28N2O4. The van der Waals surface area contributed by atoms with Gasteiger partial charge in [0, 0.05) is 37.3 Å². The lowest BCUT2D eigenvalue weighted by Gasteiger charge is -2.35. The molecule has 0 bridgehead atoms. The predicted molar refractivity (Wildman–Crippen MR) is 112 cm³/mol. The minimum atomic E-state index is -0.0416. The summed E-state index contributed by atoms with van der Waals surface area (Å²) in [6.07, 6.45) is 0. The van der Waals surface area contributed by atoms with E-state index in [9.17, 15) is 9.59 Å². The van der Waals surface area contributed by atoms with Crippen LogP contribution in [0.2, 0.25) is 0 Å². The van der Waals surface area contributed by atoms with Gasteiger partial charge < -0.3 is 19.3 Å². The minimum Gasteiger partial charge on any atom is -0.497 e. The Kier molecular flexibility index (Phi) is 6.75. The van der Waals surface area contributed by atoms with E-state index >= 15 is 0 Å². The molecule has 2 aromatic rings. The number of benzene rings is 2. The topological polar surface area (TPSA) is 59.1 Å². The lowest BCUT2D eigenvalue weighted by atomic mass is 10.1. The van der Waals surface area contributed by atoms with E-state index in [4.69, 9.17) is 9.47 Å². The Morgan fingerprint density at radius 1 is 0.862 bits per heavy atom. The van der Waals surface area contributed by atoms with Gasteiger partial charge in [-0.3, -0.25) is 9.59 Å². The lowest BCUT2D eigenvalue weighted by molar-refractivity contribution is 0.0535. The van der Waals surface area contributed by atoms with Crippen LogP contribution in [0.25, 0.3) is 0 Å². The van der Waals surface area contributed by atoms with Gasteiger partial charge in [-0.2, -0.15) is 0 Å². The molecule has 2 amide bonds. The van der Waals surface area contributed by atoms with Crippen LogP contribution in [-0.4, -0.2) is 61.5 Å². The van der Waals surface area contributed by atoms with E-state index in [1.165, 1.54) is 0 Å². The zero-order chi connectivity index (χ0) is 20.8. The fourth-order valence-corrected chi connectivity index (χ4v) is 3.22. The molecule has 6 nitrogen and oxygen atoms in total. The lowest BCUT2D eigenvalue weighted by Crippen LogP contribution is -2.50. The Bertz CT molecular complexity index is 857. The summed E-state index contributed by atoms with van der Waals surface area (Å²) in [6.45, 7) is 6.80. The van der Waals surface area contributed by atoms with Crippen molar-refractivity contribution < 1.29 is 19.1 Å². The molecule has 0 aromatic heterocycles. The van der Waals surface area contributed by atoms with Crippen LogP contribution in [-0.2, 0) is 0 Å². The van der Waals surface area contributed by atoms with Crippen molar-refractivity contribution in [2.75, 3.05) is 39.9 Å². The maximum Gasteiger partial charge on any atom is 0.254 e. The van der Waals surface area contributed by atoms with Gasteiger partial charge in [0.25, 0.3) is 11.8 Å². The quantitative estimate of drug-likeness (QED) is 0.752. The Morgan fingerprint density at radius 3 is 1.83 bits per heavy atom. The largest absolute Gasteiger partial charge is 0.497 e. The molecule has 29 heavy (non-hydrogen) atoms. The zero-order valence-corrected chi connectivity index (χ0v) is 17.3. The first-order chi connectivity index (χ1) is 14.0. The first-order valence-corrected chi connectivity index (χ1v) is 9.93. The summed E-state index contributed by atoms with van der Waals surface area (Å²) in [6, 6.07) is 14.4.